The van der Waals surface area contributed by atoms with E-state index in [4.69, 9.17) is 4.74 Å². The lowest BCUT2D eigenvalue weighted by molar-refractivity contribution is -0.385. The maximum atomic E-state index is 11.5. The largest absolute Gasteiger partial charge is 0.462 e. The fourth-order valence-corrected chi connectivity index (χ4v) is 2.31. The van der Waals surface area contributed by atoms with Crippen LogP contribution in [0, 0.1) is 10.1 Å². The molecule has 2 aromatic rings. The molecule has 2 rings (SSSR count). The van der Waals surface area contributed by atoms with E-state index in [0.29, 0.717) is 28.8 Å². The summed E-state index contributed by atoms with van der Waals surface area (Å²) in [5.74, 6) is -0.443. The molecule has 0 spiro atoms. The topological polar surface area (TPSA) is 87.3 Å². The van der Waals surface area contributed by atoms with Crippen LogP contribution in [0.1, 0.15) is 22.8 Å². The van der Waals surface area contributed by atoms with Gasteiger partial charge in [0.05, 0.1) is 29.8 Å². The van der Waals surface area contributed by atoms with Gasteiger partial charge in [0.2, 0.25) is 0 Å². The van der Waals surface area contributed by atoms with E-state index < -0.39 is 10.9 Å². The molecule has 8 heteroatoms. The van der Waals surface area contributed by atoms with Crippen LogP contribution in [0.4, 0.5) is 5.69 Å². The van der Waals surface area contributed by atoms with Crippen LogP contribution < -0.4 is 0 Å². The number of ether oxygens (including phenoxy) is 1. The molecule has 0 aliphatic carbocycles. The summed E-state index contributed by atoms with van der Waals surface area (Å²) in [5, 5.41) is 14.9. The van der Waals surface area contributed by atoms with Gasteiger partial charge >= 0.3 is 5.97 Å². The highest BCUT2D eigenvalue weighted by Crippen LogP contribution is 2.28. The number of benzene rings is 1. The number of nitro benzene ring substituents is 1. The molecule has 1 aromatic heterocycles. The molecule has 0 N–H and O–H groups in total. The van der Waals surface area contributed by atoms with E-state index in [2.05, 4.69) is 21.0 Å². The van der Waals surface area contributed by atoms with Crippen LogP contribution in [0.15, 0.2) is 35.1 Å². The van der Waals surface area contributed by atoms with Gasteiger partial charge in [0.1, 0.15) is 4.47 Å². The Morgan fingerprint density at radius 1 is 1.52 bits per heavy atom. The van der Waals surface area contributed by atoms with Gasteiger partial charge in [-0.1, -0.05) is 12.1 Å². The van der Waals surface area contributed by atoms with Crippen molar-refractivity contribution in [1.82, 2.24) is 9.78 Å². The normalized spacial score (nSPS) is 10.4. The number of nitro groups is 1. The second-order valence-electron chi connectivity index (χ2n) is 4.15. The maximum absolute atomic E-state index is 11.5. The Balaban J connectivity index is 2.21. The van der Waals surface area contributed by atoms with Crippen molar-refractivity contribution in [2.75, 3.05) is 6.61 Å². The van der Waals surface area contributed by atoms with Crippen molar-refractivity contribution in [3.8, 4) is 0 Å². The third kappa shape index (κ3) is 3.46. The van der Waals surface area contributed by atoms with E-state index >= 15 is 0 Å². The predicted molar refractivity (Wildman–Crippen MR) is 78.1 cm³/mol. The Labute approximate surface area is 128 Å². The van der Waals surface area contributed by atoms with Crippen LogP contribution in [0.25, 0.3) is 0 Å². The summed E-state index contributed by atoms with van der Waals surface area (Å²) in [5.41, 5.74) is 1.03. The Hall–Kier alpha value is -2.22. The van der Waals surface area contributed by atoms with Gasteiger partial charge in [-0.05, 0) is 28.4 Å². The third-order valence-electron chi connectivity index (χ3n) is 2.73. The monoisotopic (exact) mass is 353 g/mol. The van der Waals surface area contributed by atoms with Crippen LogP contribution >= 0.6 is 15.9 Å². The number of carbonyl (C=O) groups excluding carboxylic acids is 1. The first kappa shape index (κ1) is 15.2. The summed E-state index contributed by atoms with van der Waals surface area (Å²) in [6.45, 7) is 2.32. The van der Waals surface area contributed by atoms with Crippen molar-refractivity contribution in [2.45, 2.75) is 13.5 Å². The zero-order valence-corrected chi connectivity index (χ0v) is 12.7. The second-order valence-corrected chi connectivity index (χ2v) is 4.95. The summed E-state index contributed by atoms with van der Waals surface area (Å²) in [4.78, 5) is 22.0. The number of hydrogen-bond acceptors (Lipinski definition) is 5. The highest BCUT2D eigenvalue weighted by Gasteiger charge is 2.16. The molecule has 0 bridgehead atoms. The quantitative estimate of drug-likeness (QED) is 0.468. The molecule has 110 valence electrons. The first-order valence-corrected chi connectivity index (χ1v) is 6.93. The van der Waals surface area contributed by atoms with Gasteiger partial charge in [0.25, 0.3) is 5.69 Å². The van der Waals surface area contributed by atoms with Crippen LogP contribution in [0.5, 0.6) is 0 Å². The number of aromatic nitrogens is 2. The molecule has 1 heterocycles. The number of esters is 1. The highest BCUT2D eigenvalue weighted by molar-refractivity contribution is 9.10. The summed E-state index contributed by atoms with van der Waals surface area (Å²) < 4.78 is 6.80. The first-order chi connectivity index (χ1) is 10.0. The first-order valence-electron chi connectivity index (χ1n) is 6.14. The van der Waals surface area contributed by atoms with Crippen molar-refractivity contribution < 1.29 is 14.5 Å². The van der Waals surface area contributed by atoms with Crippen LogP contribution in [-0.4, -0.2) is 27.3 Å². The van der Waals surface area contributed by atoms with Gasteiger partial charge < -0.3 is 4.74 Å². The van der Waals surface area contributed by atoms with Gasteiger partial charge in [0.15, 0.2) is 0 Å². The van der Waals surface area contributed by atoms with E-state index in [1.54, 1.807) is 25.3 Å². The number of rotatable bonds is 5. The SMILES string of the molecule is CCOC(=O)c1cnn(Cc2cccc([N+](=O)[O-])c2Br)c1. The van der Waals surface area contributed by atoms with Gasteiger partial charge in [0, 0.05) is 12.3 Å². The molecule has 0 amide bonds. The lowest BCUT2D eigenvalue weighted by Gasteiger charge is -2.05. The molecule has 0 aliphatic heterocycles. The van der Waals surface area contributed by atoms with E-state index in [-0.39, 0.29) is 5.69 Å². The van der Waals surface area contributed by atoms with E-state index in [0.717, 1.165) is 0 Å². The van der Waals surface area contributed by atoms with Crippen molar-refractivity contribution in [2.24, 2.45) is 0 Å². The Morgan fingerprint density at radius 2 is 2.29 bits per heavy atom. The summed E-state index contributed by atoms with van der Waals surface area (Å²) in [6.07, 6.45) is 2.95. The molecular formula is C13H12BrN3O4. The average Bonchev–Trinajstić information content (AvgIpc) is 2.90. The summed E-state index contributed by atoms with van der Waals surface area (Å²) in [6, 6.07) is 4.78. The molecule has 0 fully saturated rings. The van der Waals surface area contributed by atoms with E-state index in [1.807, 2.05) is 0 Å². The molecule has 0 saturated heterocycles. The summed E-state index contributed by atoms with van der Waals surface area (Å²) in [7, 11) is 0. The number of halogens is 1. The molecule has 0 saturated carbocycles. The molecule has 1 aromatic carbocycles. The minimum absolute atomic E-state index is 0.00901. The molecule has 0 atom stereocenters. The van der Waals surface area contributed by atoms with Gasteiger partial charge in [-0.3, -0.25) is 14.8 Å². The van der Waals surface area contributed by atoms with Crippen molar-refractivity contribution >= 4 is 27.6 Å². The third-order valence-corrected chi connectivity index (χ3v) is 3.65. The molecule has 21 heavy (non-hydrogen) atoms. The fraction of sp³-hybridized carbons (Fsp3) is 0.231. The summed E-state index contributed by atoms with van der Waals surface area (Å²) >= 11 is 3.23. The zero-order chi connectivity index (χ0) is 15.4. The maximum Gasteiger partial charge on any atom is 0.341 e. The minimum Gasteiger partial charge on any atom is -0.462 e. The number of nitrogens with zero attached hydrogens (tertiary/aromatic N) is 3. The van der Waals surface area contributed by atoms with Gasteiger partial charge in [-0.25, -0.2) is 4.79 Å². The zero-order valence-electron chi connectivity index (χ0n) is 11.2. The Morgan fingerprint density at radius 3 is 2.95 bits per heavy atom. The standard InChI is InChI=1S/C13H12BrN3O4/c1-2-21-13(18)10-6-15-16(8-10)7-9-4-3-5-11(12(9)14)17(19)20/h3-6,8H,2,7H2,1H3. The molecule has 0 aliphatic rings. The van der Waals surface area contributed by atoms with Gasteiger partial charge in [-0.2, -0.15) is 5.10 Å². The van der Waals surface area contributed by atoms with Crippen molar-refractivity contribution in [3.05, 3.63) is 56.3 Å². The number of carbonyl (C=O) groups is 1. The van der Waals surface area contributed by atoms with E-state index in [1.165, 1.54) is 16.9 Å². The average molecular weight is 354 g/mol. The Kier molecular flexibility index (Phi) is 4.69. The molecule has 0 radical (unpaired) electrons. The lowest BCUT2D eigenvalue weighted by atomic mass is 10.2. The highest BCUT2D eigenvalue weighted by atomic mass is 79.9. The van der Waals surface area contributed by atoms with Gasteiger partial charge in [-0.15, -0.1) is 0 Å². The lowest BCUT2D eigenvalue weighted by Crippen LogP contribution is -2.04. The molecular weight excluding hydrogens is 342 g/mol. The van der Waals surface area contributed by atoms with Crippen LogP contribution in [-0.2, 0) is 11.3 Å². The molecule has 7 nitrogen and oxygen atoms in total. The van der Waals surface area contributed by atoms with Crippen LogP contribution in [0.2, 0.25) is 0 Å². The van der Waals surface area contributed by atoms with Crippen molar-refractivity contribution in [1.29, 1.82) is 0 Å². The smallest absolute Gasteiger partial charge is 0.341 e. The van der Waals surface area contributed by atoms with Crippen LogP contribution in [0.3, 0.4) is 0 Å². The fourth-order valence-electron chi connectivity index (χ4n) is 1.77. The van der Waals surface area contributed by atoms with E-state index in [9.17, 15) is 14.9 Å². The molecule has 0 unspecified atom stereocenters. The predicted octanol–water partition coefficient (Wildman–Crippen LogP) is 2.78. The second kappa shape index (κ2) is 6.49. The Bertz CT molecular complexity index is 684. The van der Waals surface area contributed by atoms with Crippen molar-refractivity contribution in [3.63, 3.8) is 0 Å². The minimum atomic E-state index is -0.458. The number of hydrogen-bond donors (Lipinski definition) is 0.